The lowest BCUT2D eigenvalue weighted by Crippen LogP contribution is -2.10. The van der Waals surface area contributed by atoms with Gasteiger partial charge in [-0.2, -0.15) is 13.2 Å². The van der Waals surface area contributed by atoms with Gasteiger partial charge in [0.25, 0.3) is 0 Å². The Morgan fingerprint density at radius 2 is 1.92 bits per heavy atom. The fourth-order valence-electron chi connectivity index (χ4n) is 0.703. The number of hydrogen-bond donors (Lipinski definition) is 0. The maximum Gasteiger partial charge on any atom is 0.470 e. The Balaban J connectivity index is 2.75. The molecular formula is C6H8F3N3O. The summed E-state index contributed by atoms with van der Waals surface area (Å²) >= 11 is 0. The molecule has 1 aromatic heterocycles. The topological polar surface area (TPSA) is 42.2 Å². The molecule has 0 saturated heterocycles. The molecule has 4 nitrogen and oxygen atoms in total. The lowest BCUT2D eigenvalue weighted by atomic mass is 10.6. The Morgan fingerprint density at radius 3 is 2.31 bits per heavy atom. The number of aromatic nitrogens is 2. The maximum atomic E-state index is 11.9. The number of rotatable bonds is 2. The zero-order valence-corrected chi connectivity index (χ0v) is 7.09. The summed E-state index contributed by atoms with van der Waals surface area (Å²) in [7, 11) is 3.38. The van der Waals surface area contributed by atoms with Gasteiger partial charge in [0.15, 0.2) is 0 Å². The molecule has 0 atom stereocenters. The molecule has 1 aromatic rings. The number of alkyl halides is 3. The first-order valence-corrected chi connectivity index (χ1v) is 3.44. The van der Waals surface area contributed by atoms with Gasteiger partial charge in [0.2, 0.25) is 5.89 Å². The summed E-state index contributed by atoms with van der Waals surface area (Å²) in [6.45, 7) is 0.198. The summed E-state index contributed by atoms with van der Waals surface area (Å²) < 4.78 is 40.2. The van der Waals surface area contributed by atoms with Crippen LogP contribution in [0.5, 0.6) is 0 Å². The Kier molecular flexibility index (Phi) is 2.55. The molecule has 1 heterocycles. The van der Waals surface area contributed by atoms with Gasteiger partial charge >= 0.3 is 12.1 Å². The second-order valence-electron chi connectivity index (χ2n) is 2.74. The summed E-state index contributed by atoms with van der Waals surface area (Å²) in [5, 5.41) is 6.12. The van der Waals surface area contributed by atoms with Gasteiger partial charge in [-0.05, 0) is 14.1 Å². The fourth-order valence-corrected chi connectivity index (χ4v) is 0.703. The molecule has 0 aliphatic carbocycles. The fraction of sp³-hybridized carbons (Fsp3) is 0.667. The maximum absolute atomic E-state index is 11.9. The predicted octanol–water partition coefficient (Wildman–Crippen LogP) is 1.15. The van der Waals surface area contributed by atoms with Crippen LogP contribution in [0.4, 0.5) is 13.2 Å². The van der Waals surface area contributed by atoms with Gasteiger partial charge in [0.05, 0.1) is 6.54 Å². The third-order valence-electron chi connectivity index (χ3n) is 1.16. The summed E-state index contributed by atoms with van der Waals surface area (Å²) in [5.41, 5.74) is 0. The van der Waals surface area contributed by atoms with Crippen molar-refractivity contribution in [3.63, 3.8) is 0 Å². The van der Waals surface area contributed by atoms with Crippen molar-refractivity contribution in [3.8, 4) is 0 Å². The highest BCUT2D eigenvalue weighted by atomic mass is 19.4. The number of halogens is 3. The lowest BCUT2D eigenvalue weighted by Gasteiger charge is -2.03. The second-order valence-corrected chi connectivity index (χ2v) is 2.74. The van der Waals surface area contributed by atoms with Gasteiger partial charge < -0.3 is 9.32 Å². The molecular weight excluding hydrogens is 187 g/mol. The quantitative estimate of drug-likeness (QED) is 0.709. The van der Waals surface area contributed by atoms with Crippen molar-refractivity contribution in [1.82, 2.24) is 15.1 Å². The van der Waals surface area contributed by atoms with Crippen molar-refractivity contribution in [2.45, 2.75) is 12.7 Å². The largest absolute Gasteiger partial charge is 0.470 e. The Bertz CT molecular complexity index is 281. The molecule has 0 spiro atoms. The molecule has 13 heavy (non-hydrogen) atoms. The van der Waals surface area contributed by atoms with E-state index in [0.29, 0.717) is 0 Å². The van der Waals surface area contributed by atoms with Crippen LogP contribution in [0.25, 0.3) is 0 Å². The summed E-state index contributed by atoms with van der Waals surface area (Å²) in [6.07, 6.45) is -4.56. The minimum atomic E-state index is -4.56. The summed E-state index contributed by atoms with van der Waals surface area (Å²) in [4.78, 5) is 1.63. The monoisotopic (exact) mass is 195 g/mol. The van der Waals surface area contributed by atoms with Gasteiger partial charge in [0, 0.05) is 0 Å². The van der Waals surface area contributed by atoms with E-state index in [0.717, 1.165) is 0 Å². The zero-order chi connectivity index (χ0) is 10.1. The normalized spacial score (nSPS) is 12.5. The molecule has 0 amide bonds. The molecule has 0 aliphatic rings. The highest BCUT2D eigenvalue weighted by Gasteiger charge is 2.38. The van der Waals surface area contributed by atoms with Crippen LogP contribution in [0.15, 0.2) is 4.42 Å². The summed E-state index contributed by atoms with van der Waals surface area (Å²) in [5.74, 6) is -1.35. The molecule has 0 saturated carbocycles. The van der Waals surface area contributed by atoms with Gasteiger partial charge in [0.1, 0.15) is 0 Å². The first kappa shape index (κ1) is 9.97. The number of nitrogens with zero attached hydrogens (tertiary/aromatic N) is 3. The second kappa shape index (κ2) is 3.33. The third-order valence-corrected chi connectivity index (χ3v) is 1.16. The molecule has 0 unspecified atom stereocenters. The van der Waals surface area contributed by atoms with Crippen molar-refractivity contribution in [3.05, 3.63) is 11.8 Å². The number of hydrogen-bond acceptors (Lipinski definition) is 4. The van der Waals surface area contributed by atoms with Crippen LogP contribution in [0.3, 0.4) is 0 Å². The standard InChI is InChI=1S/C6H8F3N3O/c1-12(2)3-4-10-11-5(13-4)6(7,8)9/h3H2,1-2H3. The molecule has 0 fully saturated rings. The van der Waals surface area contributed by atoms with Crippen LogP contribution in [0.1, 0.15) is 11.8 Å². The molecule has 0 N–H and O–H groups in total. The molecule has 7 heteroatoms. The van der Waals surface area contributed by atoms with Crippen LogP contribution in [0, 0.1) is 0 Å². The molecule has 0 bridgehead atoms. The first-order valence-electron chi connectivity index (χ1n) is 3.44. The Hall–Kier alpha value is -1.11. The van der Waals surface area contributed by atoms with Crippen LogP contribution in [-0.2, 0) is 12.7 Å². The van der Waals surface area contributed by atoms with Crippen LogP contribution < -0.4 is 0 Å². The first-order chi connectivity index (χ1) is 5.89. The zero-order valence-electron chi connectivity index (χ0n) is 7.09. The van der Waals surface area contributed by atoms with E-state index in [4.69, 9.17) is 0 Å². The van der Waals surface area contributed by atoms with Crippen molar-refractivity contribution < 1.29 is 17.6 Å². The van der Waals surface area contributed by atoms with Crippen molar-refractivity contribution in [2.24, 2.45) is 0 Å². The van der Waals surface area contributed by atoms with Gasteiger partial charge in [-0.15, -0.1) is 10.2 Å². The van der Waals surface area contributed by atoms with Crippen molar-refractivity contribution in [1.29, 1.82) is 0 Å². The highest BCUT2D eigenvalue weighted by Crippen LogP contribution is 2.27. The van der Waals surface area contributed by atoms with Crippen LogP contribution >= 0.6 is 0 Å². The van der Waals surface area contributed by atoms with E-state index in [9.17, 15) is 13.2 Å². The molecule has 0 aliphatic heterocycles. The summed E-state index contributed by atoms with van der Waals surface area (Å²) in [6, 6.07) is 0. The Labute approximate surface area is 72.3 Å². The Morgan fingerprint density at radius 1 is 1.31 bits per heavy atom. The van der Waals surface area contributed by atoms with E-state index < -0.39 is 12.1 Å². The van der Waals surface area contributed by atoms with E-state index in [-0.39, 0.29) is 12.4 Å². The van der Waals surface area contributed by atoms with E-state index in [1.54, 1.807) is 19.0 Å². The minimum Gasteiger partial charge on any atom is -0.416 e. The molecule has 74 valence electrons. The SMILES string of the molecule is CN(C)Cc1nnc(C(F)(F)F)o1. The molecule has 0 radical (unpaired) electrons. The average Bonchev–Trinajstić information content (AvgIpc) is 2.32. The van der Waals surface area contributed by atoms with E-state index in [1.165, 1.54) is 0 Å². The predicted molar refractivity (Wildman–Crippen MR) is 36.7 cm³/mol. The third kappa shape index (κ3) is 2.69. The average molecular weight is 195 g/mol. The van der Waals surface area contributed by atoms with Gasteiger partial charge in [-0.3, -0.25) is 0 Å². The smallest absolute Gasteiger partial charge is 0.416 e. The minimum absolute atomic E-state index is 0.0441. The lowest BCUT2D eigenvalue weighted by molar-refractivity contribution is -0.157. The van der Waals surface area contributed by atoms with E-state index in [1.807, 2.05) is 0 Å². The molecule has 0 aromatic carbocycles. The molecule has 1 rings (SSSR count). The highest BCUT2D eigenvalue weighted by molar-refractivity contribution is 4.85. The van der Waals surface area contributed by atoms with Crippen LogP contribution in [0.2, 0.25) is 0 Å². The van der Waals surface area contributed by atoms with Crippen molar-refractivity contribution in [2.75, 3.05) is 14.1 Å². The van der Waals surface area contributed by atoms with E-state index in [2.05, 4.69) is 14.6 Å². The van der Waals surface area contributed by atoms with Crippen molar-refractivity contribution >= 4 is 0 Å². The van der Waals surface area contributed by atoms with Gasteiger partial charge in [-0.25, -0.2) is 0 Å². The van der Waals surface area contributed by atoms with Crippen LogP contribution in [-0.4, -0.2) is 29.2 Å². The van der Waals surface area contributed by atoms with Gasteiger partial charge in [-0.1, -0.05) is 0 Å². The van der Waals surface area contributed by atoms with E-state index >= 15 is 0 Å².